The molecule has 0 aromatic heterocycles. The summed E-state index contributed by atoms with van der Waals surface area (Å²) >= 11 is 0. The van der Waals surface area contributed by atoms with Gasteiger partial charge in [0.2, 0.25) is 11.8 Å². The number of hydrogen-bond acceptors (Lipinski definition) is 8. The van der Waals surface area contributed by atoms with Crippen molar-refractivity contribution in [3.63, 3.8) is 0 Å². The number of carbonyl (C=O) groups is 3. The molecule has 176 valence electrons. The van der Waals surface area contributed by atoms with Crippen LogP contribution < -0.4 is 15.4 Å². The van der Waals surface area contributed by atoms with E-state index in [9.17, 15) is 24.6 Å². The van der Waals surface area contributed by atoms with Crippen LogP contribution in [0.1, 0.15) is 35.7 Å². The number of aromatic hydroxyl groups is 1. The SMILES string of the molecule is CNC(=O)CNC(=O)[C@@H](C)CN1CC(Oc2ccc([C@@H](C)CB(O)O)c(O)c2C(=O)O)C1. The van der Waals surface area contributed by atoms with Crippen LogP contribution >= 0.6 is 0 Å². The fourth-order valence-electron chi connectivity index (χ4n) is 3.56. The molecule has 0 saturated carbocycles. The minimum Gasteiger partial charge on any atom is -0.507 e. The highest BCUT2D eigenvalue weighted by Crippen LogP contribution is 2.37. The number of phenols is 1. The lowest BCUT2D eigenvalue weighted by Crippen LogP contribution is -2.56. The van der Waals surface area contributed by atoms with Crippen molar-refractivity contribution in [3.8, 4) is 11.5 Å². The number of ether oxygens (including phenoxy) is 1. The van der Waals surface area contributed by atoms with Crippen molar-refractivity contribution in [1.82, 2.24) is 15.5 Å². The summed E-state index contributed by atoms with van der Waals surface area (Å²) in [6.45, 7) is 4.71. The molecule has 32 heavy (non-hydrogen) atoms. The number of nitrogens with one attached hydrogen (secondary N) is 2. The molecule has 1 aliphatic heterocycles. The Morgan fingerprint density at radius 2 is 1.91 bits per heavy atom. The quantitative estimate of drug-likeness (QED) is 0.237. The highest BCUT2D eigenvalue weighted by Gasteiger charge is 2.33. The first-order chi connectivity index (χ1) is 15.0. The lowest BCUT2D eigenvalue weighted by Gasteiger charge is -2.40. The van der Waals surface area contributed by atoms with Crippen molar-refractivity contribution in [3.05, 3.63) is 23.3 Å². The number of carbonyl (C=O) groups excluding carboxylic acids is 2. The van der Waals surface area contributed by atoms with E-state index in [-0.39, 0.29) is 53.6 Å². The summed E-state index contributed by atoms with van der Waals surface area (Å²) in [5.74, 6) is -3.13. The van der Waals surface area contributed by atoms with Gasteiger partial charge in [0.1, 0.15) is 23.2 Å². The normalized spacial score (nSPS) is 15.9. The first-order valence-electron chi connectivity index (χ1n) is 10.4. The number of amides is 2. The third-order valence-corrected chi connectivity index (χ3v) is 5.38. The molecule has 2 amide bonds. The number of likely N-dealkylation sites (N-methyl/N-ethyl adjacent to an activating group) is 1. The van der Waals surface area contributed by atoms with Gasteiger partial charge >= 0.3 is 13.1 Å². The Balaban J connectivity index is 1.94. The van der Waals surface area contributed by atoms with Crippen LogP contribution in [0.3, 0.4) is 0 Å². The van der Waals surface area contributed by atoms with Gasteiger partial charge in [0, 0.05) is 32.6 Å². The predicted molar refractivity (Wildman–Crippen MR) is 116 cm³/mol. The van der Waals surface area contributed by atoms with E-state index in [0.29, 0.717) is 19.6 Å². The first kappa shape index (κ1) is 25.4. The number of carboxylic acid groups (broad SMARTS) is 1. The van der Waals surface area contributed by atoms with Gasteiger partial charge in [-0.1, -0.05) is 19.9 Å². The Bertz CT molecular complexity index is 844. The maximum Gasteiger partial charge on any atom is 0.452 e. The van der Waals surface area contributed by atoms with E-state index in [2.05, 4.69) is 10.6 Å². The second kappa shape index (κ2) is 11.2. The molecule has 2 rings (SSSR count). The molecular formula is C20H30BN3O8. The molecule has 1 aliphatic rings. The van der Waals surface area contributed by atoms with Crippen LogP contribution in [0.4, 0.5) is 0 Å². The molecule has 0 unspecified atom stereocenters. The molecule has 1 saturated heterocycles. The van der Waals surface area contributed by atoms with Crippen molar-refractivity contribution in [2.75, 3.05) is 33.2 Å². The molecule has 1 fully saturated rings. The average Bonchev–Trinajstić information content (AvgIpc) is 2.68. The number of rotatable bonds is 11. The number of hydrogen-bond donors (Lipinski definition) is 6. The van der Waals surface area contributed by atoms with Gasteiger partial charge in [0.15, 0.2) is 0 Å². The summed E-state index contributed by atoms with van der Waals surface area (Å²) in [7, 11) is -0.0933. The molecule has 12 heteroatoms. The standard InChI is InChI=1S/C20H30BN3O8/c1-11(6-21(30)31)14-4-5-15(17(18(14)26)20(28)29)32-13-9-24(10-13)8-12(2)19(27)23-7-16(25)22-3/h4-5,11-13,26,30-31H,6-10H2,1-3H3,(H,22,25)(H,23,27)(H,28,29)/t11-,12-/m0/s1. The van der Waals surface area contributed by atoms with Crippen molar-refractivity contribution in [2.45, 2.75) is 32.2 Å². The largest absolute Gasteiger partial charge is 0.507 e. The van der Waals surface area contributed by atoms with Crippen LogP contribution in [-0.4, -0.2) is 89.4 Å². The number of likely N-dealkylation sites (tertiary alicyclic amines) is 1. The number of nitrogens with zero attached hydrogens (tertiary/aromatic N) is 1. The third-order valence-electron chi connectivity index (χ3n) is 5.38. The highest BCUT2D eigenvalue weighted by molar-refractivity contribution is 6.41. The minimum absolute atomic E-state index is 0.0246. The molecule has 11 nitrogen and oxygen atoms in total. The summed E-state index contributed by atoms with van der Waals surface area (Å²) < 4.78 is 5.77. The first-order valence-corrected chi connectivity index (χ1v) is 10.4. The molecule has 1 aromatic rings. The summed E-state index contributed by atoms with van der Waals surface area (Å²) in [6.07, 6.45) is -0.365. The highest BCUT2D eigenvalue weighted by atomic mass is 16.5. The van der Waals surface area contributed by atoms with Gasteiger partial charge in [-0.2, -0.15) is 0 Å². The van der Waals surface area contributed by atoms with Gasteiger partial charge in [-0.3, -0.25) is 14.5 Å². The summed E-state index contributed by atoms with van der Waals surface area (Å²) in [6, 6.07) is 2.97. The van der Waals surface area contributed by atoms with Gasteiger partial charge in [0.25, 0.3) is 0 Å². The maximum atomic E-state index is 12.0. The van der Waals surface area contributed by atoms with Gasteiger partial charge in [0.05, 0.1) is 6.54 Å². The Hall–Kier alpha value is -2.83. The van der Waals surface area contributed by atoms with Crippen LogP contribution in [0.15, 0.2) is 12.1 Å². The molecular weight excluding hydrogens is 421 g/mol. The lowest BCUT2D eigenvalue weighted by molar-refractivity contribution is -0.129. The van der Waals surface area contributed by atoms with E-state index in [0.717, 1.165) is 0 Å². The van der Waals surface area contributed by atoms with Crippen molar-refractivity contribution in [2.24, 2.45) is 5.92 Å². The van der Waals surface area contributed by atoms with E-state index in [1.165, 1.54) is 19.2 Å². The maximum absolute atomic E-state index is 12.0. The Morgan fingerprint density at radius 3 is 2.47 bits per heavy atom. The second-order valence-electron chi connectivity index (χ2n) is 8.05. The van der Waals surface area contributed by atoms with Crippen LogP contribution in [0, 0.1) is 5.92 Å². The van der Waals surface area contributed by atoms with Crippen molar-refractivity contribution < 1.29 is 39.4 Å². The van der Waals surface area contributed by atoms with E-state index in [4.69, 9.17) is 14.8 Å². The third kappa shape index (κ3) is 6.58. The Kier molecular flexibility index (Phi) is 8.87. The molecule has 1 aromatic carbocycles. The summed E-state index contributed by atoms with van der Waals surface area (Å²) in [4.78, 5) is 37.0. The van der Waals surface area contributed by atoms with Crippen LogP contribution in [0.25, 0.3) is 0 Å². The number of benzene rings is 1. The molecule has 0 spiro atoms. The fourth-order valence-corrected chi connectivity index (χ4v) is 3.56. The van der Waals surface area contributed by atoms with Crippen LogP contribution in [0.5, 0.6) is 11.5 Å². The van der Waals surface area contributed by atoms with Gasteiger partial charge in [-0.05, 0) is 23.9 Å². The minimum atomic E-state index is -1.58. The van der Waals surface area contributed by atoms with Crippen molar-refractivity contribution >= 4 is 24.9 Å². The summed E-state index contributed by atoms with van der Waals surface area (Å²) in [5.41, 5.74) is -0.0862. The molecule has 0 bridgehead atoms. The molecule has 2 atom stereocenters. The van der Waals surface area contributed by atoms with E-state index >= 15 is 0 Å². The zero-order valence-electron chi connectivity index (χ0n) is 18.4. The Labute approximate surface area is 186 Å². The molecule has 0 aliphatic carbocycles. The zero-order chi connectivity index (χ0) is 24.0. The number of aromatic carboxylic acids is 1. The van der Waals surface area contributed by atoms with Crippen molar-refractivity contribution in [1.29, 1.82) is 0 Å². The second-order valence-corrected chi connectivity index (χ2v) is 8.05. The predicted octanol–water partition coefficient (Wildman–Crippen LogP) is -0.772. The van der Waals surface area contributed by atoms with Crippen LogP contribution in [0.2, 0.25) is 6.32 Å². The smallest absolute Gasteiger partial charge is 0.452 e. The van der Waals surface area contributed by atoms with E-state index < -0.39 is 24.8 Å². The van der Waals surface area contributed by atoms with Crippen LogP contribution in [-0.2, 0) is 9.59 Å². The van der Waals surface area contributed by atoms with E-state index in [1.807, 2.05) is 4.90 Å². The molecule has 6 N–H and O–H groups in total. The topological polar surface area (TPSA) is 169 Å². The Morgan fingerprint density at radius 1 is 1.25 bits per heavy atom. The average molecular weight is 451 g/mol. The van der Waals surface area contributed by atoms with E-state index in [1.54, 1.807) is 13.8 Å². The molecule has 1 heterocycles. The monoisotopic (exact) mass is 451 g/mol. The molecule has 0 radical (unpaired) electrons. The van der Waals surface area contributed by atoms with Gasteiger partial charge in [-0.15, -0.1) is 0 Å². The number of carboxylic acids is 1. The zero-order valence-corrected chi connectivity index (χ0v) is 18.4. The van der Waals surface area contributed by atoms with Gasteiger partial charge in [-0.25, -0.2) is 4.79 Å². The van der Waals surface area contributed by atoms with Gasteiger partial charge < -0.3 is 35.6 Å². The fraction of sp³-hybridized carbons (Fsp3) is 0.550. The lowest BCUT2D eigenvalue weighted by atomic mass is 9.76. The summed E-state index contributed by atoms with van der Waals surface area (Å²) in [5, 5.41) is 43.3.